The molecule has 7 aliphatic rings. The fourth-order valence-corrected chi connectivity index (χ4v) is 14.8. The van der Waals surface area contributed by atoms with E-state index < -0.39 is 0 Å². The Hall–Kier alpha value is -5.86. The maximum atomic E-state index is 2.66. The van der Waals surface area contributed by atoms with Gasteiger partial charge in [-0.25, -0.2) is 0 Å². The largest absolute Gasteiger partial charge is 0.310 e. The molecule has 0 amide bonds. The van der Waals surface area contributed by atoms with Crippen molar-refractivity contribution in [1.82, 2.24) is 4.57 Å². The number of hydrogen-bond donors (Lipinski definition) is 0. The van der Waals surface area contributed by atoms with E-state index in [9.17, 15) is 0 Å². The second-order valence-corrected chi connectivity index (χ2v) is 19.2. The van der Waals surface area contributed by atoms with E-state index in [1.807, 2.05) is 0 Å². The third kappa shape index (κ3) is 4.27. The third-order valence-electron chi connectivity index (χ3n) is 16.7. The van der Waals surface area contributed by atoms with Crippen LogP contribution in [0.5, 0.6) is 0 Å². The monoisotopic (exact) mass is 760 g/mol. The summed E-state index contributed by atoms with van der Waals surface area (Å²) < 4.78 is 2.44. The highest BCUT2D eigenvalue weighted by atomic mass is 15.1. The van der Waals surface area contributed by atoms with Crippen LogP contribution in [0.15, 0.2) is 158 Å². The Labute approximate surface area is 347 Å². The average Bonchev–Trinajstić information content (AvgIpc) is 4.04. The highest BCUT2D eigenvalue weighted by Crippen LogP contribution is 2.70. The van der Waals surface area contributed by atoms with Gasteiger partial charge in [0, 0.05) is 44.4 Å². The zero-order chi connectivity index (χ0) is 38.5. The molecule has 15 rings (SSSR count). The molecule has 0 N–H and O–H groups in total. The fourth-order valence-electron chi connectivity index (χ4n) is 14.8. The van der Waals surface area contributed by atoms with Crippen LogP contribution in [0.4, 0.5) is 17.1 Å². The first-order chi connectivity index (χ1) is 29.2. The van der Waals surface area contributed by atoms with E-state index in [1.165, 1.54) is 125 Å². The highest BCUT2D eigenvalue weighted by molar-refractivity contribution is 6.09. The molecular weight excluding hydrogens is 713 g/mol. The molecule has 2 heteroatoms. The van der Waals surface area contributed by atoms with Crippen LogP contribution in [0.25, 0.3) is 49.7 Å². The number of fused-ring (bicyclic) bond motifs is 11. The number of para-hydroxylation sites is 2. The summed E-state index contributed by atoms with van der Waals surface area (Å²) in [5.74, 6) is 3.30. The van der Waals surface area contributed by atoms with Gasteiger partial charge in [0.15, 0.2) is 0 Å². The Morgan fingerprint density at radius 2 is 0.949 bits per heavy atom. The lowest BCUT2D eigenvalue weighted by Crippen LogP contribution is -2.55. The molecule has 7 aromatic carbocycles. The van der Waals surface area contributed by atoms with E-state index >= 15 is 0 Å². The normalized spacial score (nSPS) is 24.9. The van der Waals surface area contributed by atoms with Crippen molar-refractivity contribution in [2.45, 2.75) is 68.6 Å². The maximum absolute atomic E-state index is 2.66. The molecule has 286 valence electrons. The van der Waals surface area contributed by atoms with Crippen molar-refractivity contribution in [3.8, 4) is 27.9 Å². The van der Waals surface area contributed by atoms with Crippen molar-refractivity contribution >= 4 is 38.9 Å². The van der Waals surface area contributed by atoms with Crippen LogP contribution < -0.4 is 4.90 Å². The number of aromatic nitrogens is 1. The molecule has 0 radical (unpaired) electrons. The van der Waals surface area contributed by atoms with Crippen LogP contribution in [0.1, 0.15) is 80.0 Å². The van der Waals surface area contributed by atoms with Gasteiger partial charge in [-0.2, -0.15) is 0 Å². The van der Waals surface area contributed by atoms with Crippen LogP contribution in [0.3, 0.4) is 0 Å². The summed E-state index contributed by atoms with van der Waals surface area (Å²) >= 11 is 0. The molecule has 4 bridgehead atoms. The minimum absolute atomic E-state index is 0.118. The van der Waals surface area contributed by atoms with Gasteiger partial charge in [-0.1, -0.05) is 110 Å². The second-order valence-electron chi connectivity index (χ2n) is 19.2. The molecular formula is C57H48N2. The first-order valence-corrected chi connectivity index (χ1v) is 22.6. The fraction of sp³-hybridized carbons (Fsp3) is 0.263. The van der Waals surface area contributed by atoms with Crippen LogP contribution >= 0.6 is 0 Å². The van der Waals surface area contributed by atoms with Gasteiger partial charge in [0.25, 0.3) is 0 Å². The lowest BCUT2D eigenvalue weighted by atomic mass is 9.43. The predicted octanol–water partition coefficient (Wildman–Crippen LogP) is 14.8. The van der Waals surface area contributed by atoms with E-state index in [4.69, 9.17) is 0 Å². The van der Waals surface area contributed by atoms with Gasteiger partial charge in [0.05, 0.1) is 11.0 Å². The van der Waals surface area contributed by atoms with Gasteiger partial charge in [0.2, 0.25) is 0 Å². The molecule has 0 unspecified atom stereocenters. The summed E-state index contributed by atoms with van der Waals surface area (Å²) in [5, 5.41) is 2.59. The quantitative estimate of drug-likeness (QED) is 0.173. The molecule has 0 aliphatic heterocycles. The van der Waals surface area contributed by atoms with E-state index in [0.717, 1.165) is 23.7 Å². The zero-order valence-electron chi connectivity index (χ0n) is 33.6. The maximum Gasteiger partial charge on any atom is 0.0541 e. The van der Waals surface area contributed by atoms with Crippen LogP contribution in [-0.4, -0.2) is 4.57 Å². The summed E-state index contributed by atoms with van der Waals surface area (Å²) in [6.07, 6.45) is 12.2. The smallest absolute Gasteiger partial charge is 0.0541 e. The zero-order valence-corrected chi connectivity index (χ0v) is 33.6. The van der Waals surface area contributed by atoms with Crippen LogP contribution in [0, 0.1) is 23.7 Å². The Bertz CT molecular complexity index is 2950. The number of hydrogen-bond acceptors (Lipinski definition) is 1. The molecule has 8 aromatic rings. The number of anilines is 3. The number of benzene rings is 7. The van der Waals surface area contributed by atoms with Gasteiger partial charge < -0.3 is 9.47 Å². The Kier molecular flexibility index (Phi) is 6.65. The van der Waals surface area contributed by atoms with Gasteiger partial charge in [-0.3, -0.25) is 0 Å². The van der Waals surface area contributed by atoms with Crippen LogP contribution in [0.2, 0.25) is 0 Å². The van der Waals surface area contributed by atoms with E-state index in [1.54, 1.807) is 22.3 Å². The lowest BCUT2D eigenvalue weighted by molar-refractivity contribution is -0.0399. The molecule has 59 heavy (non-hydrogen) atoms. The topological polar surface area (TPSA) is 8.17 Å². The first-order valence-electron chi connectivity index (χ1n) is 22.6. The highest BCUT2D eigenvalue weighted by Gasteiger charge is 2.61. The van der Waals surface area contributed by atoms with Gasteiger partial charge in [0.1, 0.15) is 0 Å². The van der Waals surface area contributed by atoms with Crippen LogP contribution in [-0.2, 0) is 10.8 Å². The SMILES string of the molecule is c1ccc2c(c1)-c1cc(N(c3ccc(-n4c5ccccc5c5ccccc54)cc3)c3ccc4c(c3)C3(c5ccccc5-4)C4CC5CC(C4)CC3C5)ccc1C21CCCC1. The van der Waals surface area contributed by atoms with Gasteiger partial charge in [-0.15, -0.1) is 0 Å². The number of nitrogens with zero attached hydrogens (tertiary/aromatic N) is 2. The van der Waals surface area contributed by atoms with Gasteiger partial charge >= 0.3 is 0 Å². The Balaban J connectivity index is 0.970. The van der Waals surface area contributed by atoms with Crippen molar-refractivity contribution < 1.29 is 0 Å². The molecule has 0 saturated heterocycles. The minimum Gasteiger partial charge on any atom is -0.310 e. The summed E-state index contributed by atoms with van der Waals surface area (Å²) in [6.45, 7) is 0. The summed E-state index contributed by atoms with van der Waals surface area (Å²) in [4.78, 5) is 2.59. The van der Waals surface area contributed by atoms with E-state index in [0.29, 0.717) is 0 Å². The van der Waals surface area contributed by atoms with E-state index in [2.05, 4.69) is 167 Å². The predicted molar refractivity (Wildman–Crippen MR) is 243 cm³/mol. The molecule has 1 heterocycles. The van der Waals surface area contributed by atoms with Crippen molar-refractivity contribution in [2.75, 3.05) is 4.90 Å². The molecule has 1 aromatic heterocycles. The average molecular weight is 761 g/mol. The summed E-state index contributed by atoms with van der Waals surface area (Å²) in [5.41, 5.74) is 19.8. The minimum atomic E-state index is 0.118. The molecule has 0 atom stereocenters. The van der Waals surface area contributed by atoms with E-state index in [-0.39, 0.29) is 10.8 Å². The lowest BCUT2D eigenvalue weighted by Gasteiger charge is -2.61. The van der Waals surface area contributed by atoms with Gasteiger partial charge in [-0.05, 0) is 174 Å². The standard InChI is InChI=1S/C57H48N2/c1-5-15-50-45(12-1)49-34-42(24-26-51(49)56(50)27-9-10-28-56)58(40-19-21-41(22-20-40)59-54-17-7-3-13-47(54)48-14-4-8-18-55(48)59)43-23-25-46-44-11-2-6-16-52(44)57(53(46)35-43)38-30-36-29-37(32-38)33-39(57)31-36/h1-8,11-26,34-39H,9-10,27-33H2. The molecule has 5 saturated carbocycles. The molecule has 2 spiro atoms. The Morgan fingerprint density at radius 1 is 0.424 bits per heavy atom. The first kappa shape index (κ1) is 33.0. The van der Waals surface area contributed by atoms with Crippen molar-refractivity contribution in [3.05, 3.63) is 180 Å². The van der Waals surface area contributed by atoms with Crippen molar-refractivity contribution in [2.24, 2.45) is 23.7 Å². The molecule has 5 fully saturated rings. The molecule has 7 aliphatic carbocycles. The third-order valence-corrected chi connectivity index (χ3v) is 16.7. The van der Waals surface area contributed by atoms with Crippen molar-refractivity contribution in [3.63, 3.8) is 0 Å². The summed E-state index contributed by atoms with van der Waals surface area (Å²) in [7, 11) is 0. The summed E-state index contributed by atoms with van der Waals surface area (Å²) in [6, 6.07) is 61.1. The molecule has 2 nitrogen and oxygen atoms in total. The second kappa shape index (κ2) is 11.9. The number of rotatable bonds is 4. The van der Waals surface area contributed by atoms with Crippen molar-refractivity contribution in [1.29, 1.82) is 0 Å². The Morgan fingerprint density at radius 3 is 1.64 bits per heavy atom.